The van der Waals surface area contributed by atoms with Gasteiger partial charge in [0.25, 0.3) is 5.91 Å². The fourth-order valence-corrected chi connectivity index (χ4v) is 3.75. The third-order valence-corrected chi connectivity index (χ3v) is 5.45. The van der Waals surface area contributed by atoms with Gasteiger partial charge in [0.05, 0.1) is 12.2 Å². The maximum absolute atomic E-state index is 12.9. The molecule has 0 unspecified atom stereocenters. The molecule has 1 saturated heterocycles. The molecule has 148 valence electrons. The summed E-state index contributed by atoms with van der Waals surface area (Å²) in [7, 11) is 0. The van der Waals surface area contributed by atoms with Crippen LogP contribution in [0.2, 0.25) is 0 Å². The van der Waals surface area contributed by atoms with Crippen molar-refractivity contribution < 1.29 is 19.1 Å². The standard InChI is InChI=1S/C20H29N3O4/c1-4-27-20(26)17-12(2)18(21-13(17)3)19(25)23-9-7-14(8-10-23)11-16(24)22-15-5-6-15/h14-15,21H,4-11H2,1-3H3,(H,22,24). The SMILES string of the molecule is CCOC(=O)c1c(C)[nH]c(C(=O)N2CCC(CC(=O)NC3CC3)CC2)c1C. The number of H-pyrrole nitrogens is 1. The van der Waals surface area contributed by atoms with Crippen molar-refractivity contribution in [2.45, 2.75) is 58.9 Å². The summed E-state index contributed by atoms with van der Waals surface area (Å²) in [4.78, 5) is 41.9. The Kier molecular flexibility index (Phi) is 5.87. The molecule has 1 aromatic rings. The van der Waals surface area contributed by atoms with Crippen LogP contribution in [0.5, 0.6) is 0 Å². The van der Waals surface area contributed by atoms with Crippen LogP contribution in [-0.2, 0) is 9.53 Å². The molecule has 0 bridgehead atoms. The average Bonchev–Trinajstić information content (AvgIpc) is 3.38. The van der Waals surface area contributed by atoms with Crippen molar-refractivity contribution in [3.05, 3.63) is 22.5 Å². The van der Waals surface area contributed by atoms with Gasteiger partial charge in [-0.15, -0.1) is 0 Å². The normalized spacial score (nSPS) is 17.7. The van der Waals surface area contributed by atoms with E-state index < -0.39 is 5.97 Å². The third kappa shape index (κ3) is 4.51. The Morgan fingerprint density at radius 3 is 2.41 bits per heavy atom. The van der Waals surface area contributed by atoms with Gasteiger partial charge in [0, 0.05) is 31.2 Å². The fraction of sp³-hybridized carbons (Fsp3) is 0.650. The molecule has 2 aliphatic rings. The average molecular weight is 375 g/mol. The molecule has 7 nitrogen and oxygen atoms in total. The number of esters is 1. The van der Waals surface area contributed by atoms with Gasteiger partial charge in [0.15, 0.2) is 0 Å². The molecule has 2 N–H and O–H groups in total. The van der Waals surface area contributed by atoms with E-state index in [9.17, 15) is 14.4 Å². The number of rotatable bonds is 6. The van der Waals surface area contributed by atoms with E-state index in [1.807, 2.05) is 4.90 Å². The molecule has 7 heteroatoms. The van der Waals surface area contributed by atoms with E-state index in [2.05, 4.69) is 10.3 Å². The van der Waals surface area contributed by atoms with Crippen LogP contribution in [0, 0.1) is 19.8 Å². The molecule has 2 heterocycles. The molecule has 0 aromatic carbocycles. The molecule has 27 heavy (non-hydrogen) atoms. The summed E-state index contributed by atoms with van der Waals surface area (Å²) in [5, 5.41) is 3.03. The van der Waals surface area contributed by atoms with E-state index in [0.717, 1.165) is 25.7 Å². The lowest BCUT2D eigenvalue weighted by atomic mass is 9.93. The highest BCUT2D eigenvalue weighted by Gasteiger charge is 2.30. The van der Waals surface area contributed by atoms with Crippen LogP contribution in [-0.4, -0.2) is 53.4 Å². The molecule has 2 amide bonds. The van der Waals surface area contributed by atoms with E-state index >= 15 is 0 Å². The van der Waals surface area contributed by atoms with E-state index in [1.54, 1.807) is 20.8 Å². The van der Waals surface area contributed by atoms with E-state index in [4.69, 9.17) is 4.74 Å². The summed E-state index contributed by atoms with van der Waals surface area (Å²) in [5.41, 5.74) is 2.20. The minimum atomic E-state index is -0.400. The van der Waals surface area contributed by atoms with Crippen LogP contribution in [0.1, 0.15) is 71.1 Å². The molecule has 1 saturated carbocycles. The predicted octanol–water partition coefficient (Wildman–Crippen LogP) is 2.33. The number of hydrogen-bond acceptors (Lipinski definition) is 4. The molecular weight excluding hydrogens is 346 g/mol. The number of aryl methyl sites for hydroxylation is 1. The first-order valence-electron chi connectivity index (χ1n) is 9.85. The Labute approximate surface area is 159 Å². The van der Waals surface area contributed by atoms with Gasteiger partial charge in [-0.25, -0.2) is 4.79 Å². The van der Waals surface area contributed by atoms with Gasteiger partial charge in [-0.2, -0.15) is 0 Å². The van der Waals surface area contributed by atoms with Gasteiger partial charge in [0.1, 0.15) is 5.69 Å². The number of hydrogen-bond donors (Lipinski definition) is 2. The van der Waals surface area contributed by atoms with Crippen LogP contribution in [0.4, 0.5) is 0 Å². The third-order valence-electron chi connectivity index (χ3n) is 5.45. The fourth-order valence-electron chi connectivity index (χ4n) is 3.75. The van der Waals surface area contributed by atoms with Crippen molar-refractivity contribution in [2.24, 2.45) is 5.92 Å². The number of piperidine rings is 1. The van der Waals surface area contributed by atoms with Gasteiger partial charge in [-0.05, 0) is 57.9 Å². The smallest absolute Gasteiger partial charge is 0.340 e. The number of carbonyl (C=O) groups excluding carboxylic acids is 3. The molecule has 1 aromatic heterocycles. The lowest BCUT2D eigenvalue weighted by molar-refractivity contribution is -0.122. The number of nitrogens with one attached hydrogen (secondary N) is 2. The number of aromatic amines is 1. The van der Waals surface area contributed by atoms with Gasteiger partial charge in [-0.1, -0.05) is 0 Å². The van der Waals surface area contributed by atoms with Gasteiger partial charge in [-0.3, -0.25) is 9.59 Å². The first kappa shape index (κ1) is 19.5. The first-order valence-corrected chi connectivity index (χ1v) is 9.85. The number of carbonyl (C=O) groups is 3. The maximum atomic E-state index is 12.9. The monoisotopic (exact) mass is 375 g/mol. The highest BCUT2D eigenvalue weighted by molar-refractivity contribution is 6.00. The molecule has 3 rings (SSSR count). The molecular formula is C20H29N3O4. The van der Waals surface area contributed by atoms with Crippen molar-refractivity contribution in [3.8, 4) is 0 Å². The first-order chi connectivity index (χ1) is 12.9. The van der Waals surface area contributed by atoms with Crippen molar-refractivity contribution in [3.63, 3.8) is 0 Å². The van der Waals surface area contributed by atoms with E-state index in [-0.39, 0.29) is 11.8 Å². The summed E-state index contributed by atoms with van der Waals surface area (Å²) < 4.78 is 5.09. The van der Waals surface area contributed by atoms with Gasteiger partial charge < -0.3 is 19.9 Å². The Morgan fingerprint density at radius 1 is 1.15 bits per heavy atom. The van der Waals surface area contributed by atoms with Crippen LogP contribution in [0.25, 0.3) is 0 Å². The predicted molar refractivity (Wildman–Crippen MR) is 101 cm³/mol. The highest BCUT2D eigenvalue weighted by atomic mass is 16.5. The topological polar surface area (TPSA) is 91.5 Å². The molecule has 1 aliphatic carbocycles. The molecule has 0 atom stereocenters. The maximum Gasteiger partial charge on any atom is 0.340 e. The van der Waals surface area contributed by atoms with Crippen LogP contribution < -0.4 is 5.32 Å². The number of ether oxygens (including phenoxy) is 1. The minimum absolute atomic E-state index is 0.0907. The summed E-state index contributed by atoms with van der Waals surface area (Å²) in [6.07, 6.45) is 4.40. The zero-order chi connectivity index (χ0) is 19.6. The second kappa shape index (κ2) is 8.15. The lowest BCUT2D eigenvalue weighted by Crippen LogP contribution is -2.40. The summed E-state index contributed by atoms with van der Waals surface area (Å²) in [6.45, 7) is 6.88. The molecule has 1 aliphatic heterocycles. The van der Waals surface area contributed by atoms with E-state index in [0.29, 0.717) is 60.6 Å². The zero-order valence-electron chi connectivity index (χ0n) is 16.4. The van der Waals surface area contributed by atoms with Crippen molar-refractivity contribution in [2.75, 3.05) is 19.7 Å². The Hall–Kier alpha value is -2.31. The van der Waals surface area contributed by atoms with Crippen LogP contribution >= 0.6 is 0 Å². The van der Waals surface area contributed by atoms with E-state index in [1.165, 1.54) is 0 Å². The quantitative estimate of drug-likeness (QED) is 0.747. The molecule has 0 radical (unpaired) electrons. The number of nitrogens with zero attached hydrogens (tertiary/aromatic N) is 1. The second-order valence-electron chi connectivity index (χ2n) is 7.63. The highest BCUT2D eigenvalue weighted by Crippen LogP contribution is 2.26. The number of amides is 2. The minimum Gasteiger partial charge on any atom is -0.462 e. The molecule has 0 spiro atoms. The van der Waals surface area contributed by atoms with Crippen molar-refractivity contribution in [1.29, 1.82) is 0 Å². The van der Waals surface area contributed by atoms with Crippen LogP contribution in [0.15, 0.2) is 0 Å². The van der Waals surface area contributed by atoms with Crippen LogP contribution in [0.3, 0.4) is 0 Å². The van der Waals surface area contributed by atoms with Crippen molar-refractivity contribution >= 4 is 17.8 Å². The zero-order valence-corrected chi connectivity index (χ0v) is 16.4. The Bertz CT molecular complexity index is 728. The largest absolute Gasteiger partial charge is 0.462 e. The number of aromatic nitrogens is 1. The van der Waals surface area contributed by atoms with Gasteiger partial charge >= 0.3 is 5.97 Å². The Morgan fingerprint density at radius 2 is 1.81 bits per heavy atom. The second-order valence-corrected chi connectivity index (χ2v) is 7.63. The summed E-state index contributed by atoms with van der Waals surface area (Å²) in [6, 6.07) is 0.395. The Balaban J connectivity index is 1.58. The van der Waals surface area contributed by atoms with Gasteiger partial charge in [0.2, 0.25) is 5.91 Å². The number of likely N-dealkylation sites (tertiary alicyclic amines) is 1. The van der Waals surface area contributed by atoms with Crippen molar-refractivity contribution in [1.82, 2.24) is 15.2 Å². The molecule has 2 fully saturated rings. The lowest BCUT2D eigenvalue weighted by Gasteiger charge is -2.31. The summed E-state index contributed by atoms with van der Waals surface area (Å²) >= 11 is 0. The summed E-state index contributed by atoms with van der Waals surface area (Å²) in [5.74, 6) is -0.0261.